The van der Waals surface area contributed by atoms with Crippen LogP contribution in [0.25, 0.3) is 0 Å². The molecule has 22 heavy (non-hydrogen) atoms. The molecule has 0 unspecified atom stereocenters. The largest absolute Gasteiger partial charge is 0.269 e. The van der Waals surface area contributed by atoms with Gasteiger partial charge in [-0.1, -0.05) is 11.6 Å². The van der Waals surface area contributed by atoms with Gasteiger partial charge in [-0.25, -0.2) is 17.2 Å². The van der Waals surface area contributed by atoms with Gasteiger partial charge in [-0.2, -0.15) is 0 Å². The van der Waals surface area contributed by atoms with Crippen molar-refractivity contribution in [2.24, 2.45) is 0 Å². The number of hydrogen-bond acceptors (Lipinski definition) is 2. The highest BCUT2D eigenvalue weighted by atomic mass is 35.5. The number of sulfonamides is 1. The van der Waals surface area contributed by atoms with E-state index in [1.54, 1.807) is 0 Å². The van der Waals surface area contributed by atoms with Crippen LogP contribution in [0.1, 0.15) is 11.1 Å². The average molecular weight is 346 g/mol. The van der Waals surface area contributed by atoms with E-state index in [4.69, 9.17) is 11.6 Å². The third-order valence-corrected chi connectivity index (χ3v) is 5.39. The standard InChI is InChI=1S/C15H14ClF2NO2S/c1-9-6-12(7-10(2)15(9)18)22(20,21)19(3)11-4-5-14(17)13(16)8-11/h4-8H,1-3H3. The lowest BCUT2D eigenvalue weighted by molar-refractivity contribution is 0.590. The molecule has 2 rings (SSSR count). The topological polar surface area (TPSA) is 37.4 Å². The van der Waals surface area contributed by atoms with Crippen LogP contribution in [0.3, 0.4) is 0 Å². The molecule has 0 amide bonds. The minimum Gasteiger partial charge on any atom is -0.269 e. The van der Waals surface area contributed by atoms with Crippen LogP contribution in [0.15, 0.2) is 35.2 Å². The molecule has 2 aromatic carbocycles. The van der Waals surface area contributed by atoms with E-state index in [0.29, 0.717) is 0 Å². The molecule has 0 radical (unpaired) electrons. The highest BCUT2D eigenvalue weighted by Gasteiger charge is 2.23. The van der Waals surface area contributed by atoms with Crippen molar-refractivity contribution in [1.29, 1.82) is 0 Å². The normalized spacial score (nSPS) is 11.5. The Morgan fingerprint density at radius 1 is 1.05 bits per heavy atom. The molecular weight excluding hydrogens is 332 g/mol. The average Bonchev–Trinajstić information content (AvgIpc) is 2.46. The van der Waals surface area contributed by atoms with Crippen molar-refractivity contribution in [2.75, 3.05) is 11.4 Å². The van der Waals surface area contributed by atoms with Gasteiger partial charge in [0.1, 0.15) is 11.6 Å². The minimum atomic E-state index is -3.90. The first kappa shape index (κ1) is 16.7. The van der Waals surface area contributed by atoms with Gasteiger partial charge in [0.05, 0.1) is 15.6 Å². The molecule has 0 aromatic heterocycles. The molecule has 0 saturated heterocycles. The fourth-order valence-electron chi connectivity index (χ4n) is 2.03. The van der Waals surface area contributed by atoms with Crippen molar-refractivity contribution < 1.29 is 17.2 Å². The number of rotatable bonds is 3. The summed E-state index contributed by atoms with van der Waals surface area (Å²) in [4.78, 5) is -0.0353. The van der Waals surface area contributed by atoms with E-state index in [9.17, 15) is 17.2 Å². The Bertz CT molecular complexity index is 814. The Hall–Kier alpha value is -1.66. The lowest BCUT2D eigenvalue weighted by atomic mass is 10.1. The monoisotopic (exact) mass is 345 g/mol. The maximum Gasteiger partial charge on any atom is 0.264 e. The fourth-order valence-corrected chi connectivity index (χ4v) is 3.57. The smallest absolute Gasteiger partial charge is 0.264 e. The first-order valence-corrected chi connectivity index (χ1v) is 8.17. The van der Waals surface area contributed by atoms with Gasteiger partial charge < -0.3 is 0 Å². The Morgan fingerprint density at radius 3 is 2.09 bits per heavy atom. The van der Waals surface area contributed by atoms with Gasteiger partial charge in [0, 0.05) is 7.05 Å². The van der Waals surface area contributed by atoms with Gasteiger partial charge in [-0.05, 0) is 55.3 Å². The van der Waals surface area contributed by atoms with Gasteiger partial charge in [0.2, 0.25) is 0 Å². The van der Waals surface area contributed by atoms with E-state index in [1.807, 2.05) is 0 Å². The van der Waals surface area contributed by atoms with E-state index < -0.39 is 21.7 Å². The summed E-state index contributed by atoms with van der Waals surface area (Å²) in [5.74, 6) is -1.07. The number of halogens is 3. The quantitative estimate of drug-likeness (QED) is 0.841. The second kappa shape index (κ2) is 5.85. The van der Waals surface area contributed by atoms with Crippen molar-refractivity contribution in [3.05, 3.63) is 58.1 Å². The predicted molar refractivity (Wildman–Crippen MR) is 82.9 cm³/mol. The highest BCUT2D eigenvalue weighted by molar-refractivity contribution is 7.92. The lowest BCUT2D eigenvalue weighted by Crippen LogP contribution is -2.26. The summed E-state index contributed by atoms with van der Waals surface area (Å²) in [7, 11) is -2.57. The second-order valence-electron chi connectivity index (χ2n) is 4.94. The summed E-state index contributed by atoms with van der Waals surface area (Å²) in [5.41, 5.74) is 0.694. The second-order valence-corrected chi connectivity index (χ2v) is 7.32. The molecular formula is C15H14ClF2NO2S. The van der Waals surface area contributed by atoms with Crippen LogP contribution < -0.4 is 4.31 Å². The molecule has 0 aliphatic rings. The van der Waals surface area contributed by atoms with Crippen molar-refractivity contribution in [1.82, 2.24) is 0 Å². The maximum absolute atomic E-state index is 13.7. The molecule has 0 aliphatic heterocycles. The third-order valence-electron chi connectivity index (χ3n) is 3.34. The van der Waals surface area contributed by atoms with Crippen molar-refractivity contribution in [3.63, 3.8) is 0 Å². The molecule has 0 fully saturated rings. The summed E-state index contributed by atoms with van der Waals surface area (Å²) in [6.45, 7) is 2.99. The van der Waals surface area contributed by atoms with Crippen molar-refractivity contribution in [3.8, 4) is 0 Å². The minimum absolute atomic E-state index is 0.0353. The van der Waals surface area contributed by atoms with Crippen LogP contribution in [0.4, 0.5) is 14.5 Å². The SMILES string of the molecule is Cc1cc(S(=O)(=O)N(C)c2ccc(F)c(Cl)c2)cc(C)c1F. The summed E-state index contributed by atoms with van der Waals surface area (Å²) >= 11 is 5.68. The van der Waals surface area contributed by atoms with Crippen LogP contribution in [0, 0.1) is 25.5 Å². The van der Waals surface area contributed by atoms with Crippen LogP contribution in [0.5, 0.6) is 0 Å². The highest BCUT2D eigenvalue weighted by Crippen LogP contribution is 2.27. The van der Waals surface area contributed by atoms with E-state index >= 15 is 0 Å². The zero-order chi connectivity index (χ0) is 16.7. The summed E-state index contributed by atoms with van der Waals surface area (Å²) in [6.07, 6.45) is 0. The number of anilines is 1. The Kier molecular flexibility index (Phi) is 4.44. The molecule has 0 bridgehead atoms. The molecule has 118 valence electrons. The zero-order valence-electron chi connectivity index (χ0n) is 12.2. The Morgan fingerprint density at radius 2 is 1.59 bits per heavy atom. The third kappa shape index (κ3) is 2.94. The van der Waals surface area contributed by atoms with Crippen LogP contribution in [0.2, 0.25) is 5.02 Å². The number of aryl methyl sites for hydroxylation is 2. The molecule has 7 heteroatoms. The molecule has 2 aromatic rings. The van der Waals surface area contributed by atoms with Crippen molar-refractivity contribution >= 4 is 27.3 Å². The summed E-state index contributed by atoms with van der Waals surface area (Å²) in [5, 5.41) is -0.175. The number of benzene rings is 2. The first-order chi connectivity index (χ1) is 10.1. The predicted octanol–water partition coefficient (Wildman–Crippen LogP) is 4.06. The Labute approximate surface area is 133 Å². The first-order valence-electron chi connectivity index (χ1n) is 6.35. The van der Waals surface area contributed by atoms with E-state index in [2.05, 4.69) is 0 Å². The zero-order valence-corrected chi connectivity index (χ0v) is 13.8. The van der Waals surface area contributed by atoms with E-state index in [1.165, 1.54) is 45.2 Å². The van der Waals surface area contributed by atoms with Gasteiger partial charge in [-0.15, -0.1) is 0 Å². The van der Waals surface area contributed by atoms with E-state index in [0.717, 1.165) is 10.4 Å². The van der Waals surface area contributed by atoms with Gasteiger partial charge >= 0.3 is 0 Å². The van der Waals surface area contributed by atoms with Gasteiger partial charge in [0.15, 0.2) is 0 Å². The molecule has 0 N–H and O–H groups in total. The molecule has 0 atom stereocenters. The molecule has 0 heterocycles. The van der Waals surface area contributed by atoms with Crippen LogP contribution >= 0.6 is 11.6 Å². The van der Waals surface area contributed by atoms with Gasteiger partial charge in [-0.3, -0.25) is 4.31 Å². The van der Waals surface area contributed by atoms with Crippen molar-refractivity contribution in [2.45, 2.75) is 18.7 Å². The lowest BCUT2D eigenvalue weighted by Gasteiger charge is -2.20. The van der Waals surface area contributed by atoms with Crippen LogP contribution in [-0.2, 0) is 10.0 Å². The Balaban J connectivity index is 2.52. The fraction of sp³-hybridized carbons (Fsp3) is 0.200. The molecule has 3 nitrogen and oxygen atoms in total. The van der Waals surface area contributed by atoms with Gasteiger partial charge in [0.25, 0.3) is 10.0 Å². The molecule has 0 aliphatic carbocycles. The van der Waals surface area contributed by atoms with E-state index in [-0.39, 0.29) is 26.7 Å². The number of hydrogen-bond donors (Lipinski definition) is 0. The molecule has 0 saturated carbocycles. The maximum atomic E-state index is 13.7. The molecule has 0 spiro atoms. The summed E-state index contributed by atoms with van der Waals surface area (Å²) < 4.78 is 53.0. The number of nitrogens with zero attached hydrogens (tertiary/aromatic N) is 1. The van der Waals surface area contributed by atoms with Crippen LogP contribution in [-0.4, -0.2) is 15.5 Å². The summed E-state index contributed by atoms with van der Waals surface area (Å²) in [6, 6.07) is 6.14.